The van der Waals surface area contributed by atoms with Crippen LogP contribution in [-0.4, -0.2) is 22.9 Å². The molecule has 0 fully saturated rings. The summed E-state index contributed by atoms with van der Waals surface area (Å²) in [5.41, 5.74) is 4.04. The molecule has 3 aromatic rings. The molecule has 0 aliphatic rings. The van der Waals surface area contributed by atoms with Crippen LogP contribution in [0.2, 0.25) is 0 Å². The lowest BCUT2D eigenvalue weighted by atomic mass is 9.84. The van der Waals surface area contributed by atoms with Gasteiger partial charge in [-0.3, -0.25) is 4.79 Å². The van der Waals surface area contributed by atoms with Crippen molar-refractivity contribution in [2.24, 2.45) is 0 Å². The van der Waals surface area contributed by atoms with Crippen molar-refractivity contribution in [1.29, 1.82) is 0 Å². The van der Waals surface area contributed by atoms with Gasteiger partial charge in [0.05, 0.1) is 11.0 Å². The third-order valence-corrected chi connectivity index (χ3v) is 3.94. The number of hydrogen-bond donors (Lipinski definition) is 2. The predicted molar refractivity (Wildman–Crippen MR) is 88.6 cm³/mol. The maximum absolute atomic E-state index is 10.5. The molecule has 0 unspecified atom stereocenters. The van der Waals surface area contributed by atoms with E-state index in [0.29, 0.717) is 6.54 Å². The number of amides is 1. The summed E-state index contributed by atoms with van der Waals surface area (Å²) in [5, 5.41) is 2.76. The Bertz CT molecular complexity index is 790. The molecule has 0 saturated carbocycles. The summed E-state index contributed by atoms with van der Waals surface area (Å²) in [5.74, 6) is 0.872. The molecular weight excluding hydrogens is 274 g/mol. The second-order valence-corrected chi connectivity index (χ2v) is 6.07. The van der Waals surface area contributed by atoms with Crippen LogP contribution in [0.25, 0.3) is 22.4 Å². The molecule has 0 aliphatic carbocycles. The highest BCUT2D eigenvalue weighted by molar-refractivity contribution is 5.80. The second-order valence-electron chi connectivity index (χ2n) is 6.07. The lowest BCUT2D eigenvalue weighted by Gasteiger charge is -2.24. The van der Waals surface area contributed by atoms with E-state index >= 15 is 0 Å². The number of nitrogens with zero attached hydrogens (tertiary/aromatic N) is 1. The molecule has 1 amide bonds. The normalized spacial score (nSPS) is 11.5. The maximum atomic E-state index is 10.5. The average molecular weight is 293 g/mol. The fraction of sp³-hybridized carbons (Fsp3) is 0.222. The average Bonchev–Trinajstić information content (AvgIpc) is 2.97. The number of H-pyrrole nitrogens is 1. The summed E-state index contributed by atoms with van der Waals surface area (Å²) in [4.78, 5) is 18.6. The molecule has 4 heteroatoms. The van der Waals surface area contributed by atoms with Crippen molar-refractivity contribution < 1.29 is 4.79 Å². The van der Waals surface area contributed by atoms with Gasteiger partial charge in [0.15, 0.2) is 0 Å². The zero-order valence-electron chi connectivity index (χ0n) is 12.8. The van der Waals surface area contributed by atoms with E-state index in [1.165, 1.54) is 0 Å². The van der Waals surface area contributed by atoms with Crippen molar-refractivity contribution in [1.82, 2.24) is 15.3 Å². The molecule has 3 rings (SSSR count). The Morgan fingerprint density at radius 3 is 2.68 bits per heavy atom. The maximum Gasteiger partial charge on any atom is 0.207 e. The van der Waals surface area contributed by atoms with Crippen molar-refractivity contribution in [3.05, 3.63) is 54.1 Å². The first-order valence-corrected chi connectivity index (χ1v) is 7.33. The molecule has 0 spiro atoms. The number of aromatic nitrogens is 2. The predicted octanol–water partition coefficient (Wildman–Crippen LogP) is 3.25. The van der Waals surface area contributed by atoms with Crippen molar-refractivity contribution in [3.63, 3.8) is 0 Å². The molecule has 0 bridgehead atoms. The van der Waals surface area contributed by atoms with E-state index in [2.05, 4.69) is 36.3 Å². The van der Waals surface area contributed by atoms with Gasteiger partial charge in [0.1, 0.15) is 5.82 Å². The lowest BCUT2D eigenvalue weighted by Crippen LogP contribution is -2.32. The van der Waals surface area contributed by atoms with Gasteiger partial charge in [0, 0.05) is 17.5 Å². The highest BCUT2D eigenvalue weighted by atomic mass is 16.1. The molecule has 4 nitrogen and oxygen atoms in total. The van der Waals surface area contributed by atoms with Gasteiger partial charge >= 0.3 is 0 Å². The van der Waals surface area contributed by atoms with Gasteiger partial charge in [-0.2, -0.15) is 0 Å². The Balaban J connectivity index is 1.98. The number of hydrogen-bond acceptors (Lipinski definition) is 2. The van der Waals surface area contributed by atoms with E-state index in [9.17, 15) is 4.79 Å². The Kier molecular flexibility index (Phi) is 3.67. The second kappa shape index (κ2) is 5.64. The van der Waals surface area contributed by atoms with Gasteiger partial charge in [-0.15, -0.1) is 0 Å². The van der Waals surface area contributed by atoms with Gasteiger partial charge in [-0.25, -0.2) is 4.98 Å². The van der Waals surface area contributed by atoms with Gasteiger partial charge in [0.25, 0.3) is 0 Å². The van der Waals surface area contributed by atoms with Crippen LogP contribution in [-0.2, 0) is 10.2 Å². The fourth-order valence-electron chi connectivity index (χ4n) is 2.56. The molecule has 1 heterocycles. The van der Waals surface area contributed by atoms with Crippen LogP contribution in [0.3, 0.4) is 0 Å². The largest absolute Gasteiger partial charge is 0.358 e. The number of imidazole rings is 1. The lowest BCUT2D eigenvalue weighted by molar-refractivity contribution is -0.109. The number of aromatic amines is 1. The first kappa shape index (κ1) is 14.3. The van der Waals surface area contributed by atoms with Crippen LogP contribution >= 0.6 is 0 Å². The highest BCUT2D eigenvalue weighted by Gasteiger charge is 2.21. The molecule has 0 radical (unpaired) electrons. The van der Waals surface area contributed by atoms with E-state index in [-0.39, 0.29) is 5.41 Å². The summed E-state index contributed by atoms with van der Waals surface area (Å²) in [6, 6.07) is 16.3. The van der Waals surface area contributed by atoms with Gasteiger partial charge < -0.3 is 10.3 Å². The van der Waals surface area contributed by atoms with Crippen LogP contribution in [0.1, 0.15) is 19.4 Å². The molecule has 22 heavy (non-hydrogen) atoms. The van der Waals surface area contributed by atoms with Crippen molar-refractivity contribution in [2.45, 2.75) is 19.3 Å². The van der Waals surface area contributed by atoms with E-state index in [4.69, 9.17) is 4.98 Å². The van der Waals surface area contributed by atoms with Gasteiger partial charge in [-0.1, -0.05) is 50.2 Å². The quantitative estimate of drug-likeness (QED) is 0.709. The first-order valence-electron chi connectivity index (χ1n) is 7.33. The van der Waals surface area contributed by atoms with Crippen LogP contribution in [0.4, 0.5) is 0 Å². The van der Waals surface area contributed by atoms with E-state index in [1.54, 1.807) is 0 Å². The third kappa shape index (κ3) is 2.72. The Morgan fingerprint density at radius 1 is 1.18 bits per heavy atom. The summed E-state index contributed by atoms with van der Waals surface area (Å²) < 4.78 is 0. The molecular formula is C18H19N3O. The number of rotatable bonds is 5. The van der Waals surface area contributed by atoms with E-state index in [0.717, 1.165) is 34.4 Å². The van der Waals surface area contributed by atoms with Crippen molar-refractivity contribution in [2.75, 3.05) is 6.54 Å². The molecule has 0 atom stereocenters. The van der Waals surface area contributed by atoms with E-state index < -0.39 is 0 Å². The summed E-state index contributed by atoms with van der Waals surface area (Å²) in [6.07, 6.45) is 0.738. The van der Waals surface area contributed by atoms with Crippen molar-refractivity contribution >= 4 is 17.4 Å². The fourth-order valence-corrected chi connectivity index (χ4v) is 2.56. The van der Waals surface area contributed by atoms with Crippen LogP contribution < -0.4 is 5.32 Å². The van der Waals surface area contributed by atoms with E-state index in [1.807, 2.05) is 36.4 Å². The molecule has 112 valence electrons. The van der Waals surface area contributed by atoms with Crippen LogP contribution in [0.15, 0.2) is 48.5 Å². The van der Waals surface area contributed by atoms with Crippen LogP contribution in [0, 0.1) is 0 Å². The number of carbonyl (C=O) groups is 1. The monoisotopic (exact) mass is 293 g/mol. The van der Waals surface area contributed by atoms with Crippen molar-refractivity contribution in [3.8, 4) is 11.4 Å². The number of carbonyl (C=O) groups excluding carboxylic acids is 1. The number of fused-ring (bicyclic) bond motifs is 1. The Morgan fingerprint density at radius 2 is 1.95 bits per heavy atom. The number of benzene rings is 2. The SMILES string of the molecule is CC(C)(CNC=O)c1ccc2[nH]c(-c3ccccc3)nc2c1. The zero-order chi connectivity index (χ0) is 15.6. The highest BCUT2D eigenvalue weighted by Crippen LogP contribution is 2.27. The molecule has 1 aromatic heterocycles. The minimum absolute atomic E-state index is 0.138. The molecule has 2 N–H and O–H groups in total. The standard InChI is InChI=1S/C18H19N3O/c1-18(2,11-19-12-22)14-8-9-15-16(10-14)21-17(20-15)13-6-4-3-5-7-13/h3-10,12H,11H2,1-2H3,(H,19,22)(H,20,21). The molecule has 0 saturated heterocycles. The number of nitrogens with one attached hydrogen (secondary N) is 2. The topological polar surface area (TPSA) is 57.8 Å². The Hall–Kier alpha value is -2.62. The summed E-state index contributed by atoms with van der Waals surface area (Å²) >= 11 is 0. The van der Waals surface area contributed by atoms with Gasteiger partial charge in [0.2, 0.25) is 6.41 Å². The zero-order valence-corrected chi connectivity index (χ0v) is 12.8. The first-order chi connectivity index (χ1) is 10.6. The smallest absolute Gasteiger partial charge is 0.207 e. The summed E-state index contributed by atoms with van der Waals surface area (Å²) in [7, 11) is 0. The molecule has 0 aliphatic heterocycles. The van der Waals surface area contributed by atoms with Crippen LogP contribution in [0.5, 0.6) is 0 Å². The third-order valence-electron chi connectivity index (χ3n) is 3.94. The van der Waals surface area contributed by atoms with Gasteiger partial charge in [-0.05, 0) is 17.7 Å². The summed E-state index contributed by atoms with van der Waals surface area (Å²) in [6.45, 7) is 4.81. The molecule has 2 aromatic carbocycles. The Labute approximate surface area is 129 Å². The minimum atomic E-state index is -0.138. The minimum Gasteiger partial charge on any atom is -0.358 e.